The van der Waals surface area contributed by atoms with Crippen LogP contribution in [0.15, 0.2) is 58.3 Å². The van der Waals surface area contributed by atoms with Crippen molar-refractivity contribution >= 4 is 63.4 Å². The number of rotatable bonds is 7. The predicted molar refractivity (Wildman–Crippen MR) is 222 cm³/mol. The molecular formula is C42H64Si4. The van der Waals surface area contributed by atoms with Gasteiger partial charge in [-0.25, -0.2) is 0 Å². The molecule has 0 spiro atoms. The molecule has 46 heavy (non-hydrogen) atoms. The molecule has 1 aliphatic rings. The summed E-state index contributed by atoms with van der Waals surface area (Å²) < 4.78 is 0. The molecule has 0 amide bonds. The Bertz CT molecular complexity index is 1540. The predicted octanol–water partition coefficient (Wildman–Crippen LogP) is 8.48. The third-order valence-corrected chi connectivity index (χ3v) is 23.7. The second-order valence-corrected chi connectivity index (χ2v) is 36.8. The van der Waals surface area contributed by atoms with E-state index in [1.165, 1.54) is 39.0 Å². The summed E-state index contributed by atoms with van der Waals surface area (Å²) in [6, 6.07) is 15.7. The summed E-state index contributed by atoms with van der Waals surface area (Å²) in [6.07, 6.45) is 0. The Balaban J connectivity index is 2.42. The van der Waals surface area contributed by atoms with Crippen molar-refractivity contribution in [2.45, 2.75) is 128 Å². The van der Waals surface area contributed by atoms with Gasteiger partial charge in [0, 0.05) is 0 Å². The van der Waals surface area contributed by atoms with E-state index in [2.05, 4.69) is 165 Å². The molecule has 1 unspecified atom stereocenters. The minimum Gasteiger partial charge on any atom is -0.0656 e. The highest BCUT2D eigenvalue weighted by Crippen LogP contribution is 2.43. The Kier molecular flexibility index (Phi) is 9.74. The van der Waals surface area contributed by atoms with Crippen LogP contribution >= 0.6 is 0 Å². The van der Waals surface area contributed by atoms with Crippen LogP contribution in [0.5, 0.6) is 0 Å². The fraction of sp³-hybridized carbons (Fsp3) is 0.476. The molecule has 3 aromatic rings. The molecule has 0 saturated carbocycles. The standard InChI is InChI=1S/C42H64Si4/c1-26-20-36(43(11,12)13)21-27(2)39(26)46(42-34(9)32(7)33(8)35(42)10,40-28(3)22-37(23-29(40)4)44(14,15)16)41-30(5)24-38(25-31(41)6)45(17,18)19/h20-25,34H,1-19H3. The summed E-state index contributed by atoms with van der Waals surface area (Å²) in [5.41, 5.74) is 13.6. The van der Waals surface area contributed by atoms with Gasteiger partial charge in [0.1, 0.15) is 0 Å². The highest BCUT2D eigenvalue weighted by atomic mass is 28.3. The quantitative estimate of drug-likeness (QED) is 0.174. The second-order valence-electron chi connectivity index (χ2n) is 18.0. The van der Waals surface area contributed by atoms with Gasteiger partial charge in [-0.1, -0.05) is 168 Å². The third kappa shape index (κ3) is 6.06. The average Bonchev–Trinajstić information content (AvgIpc) is 3.07. The average molecular weight is 681 g/mol. The first-order valence-corrected chi connectivity index (χ1v) is 30.1. The van der Waals surface area contributed by atoms with E-state index in [-0.39, 0.29) is 0 Å². The molecule has 1 atom stereocenters. The van der Waals surface area contributed by atoms with Crippen LogP contribution in [0.2, 0.25) is 58.9 Å². The van der Waals surface area contributed by atoms with Gasteiger partial charge in [-0.2, -0.15) is 0 Å². The van der Waals surface area contributed by atoms with E-state index in [1.54, 1.807) is 47.5 Å². The first-order chi connectivity index (χ1) is 20.9. The van der Waals surface area contributed by atoms with E-state index in [1.807, 2.05) is 0 Å². The van der Waals surface area contributed by atoms with Gasteiger partial charge in [0.15, 0.2) is 8.07 Å². The van der Waals surface area contributed by atoms with Crippen LogP contribution in [-0.4, -0.2) is 32.3 Å². The maximum Gasteiger partial charge on any atom is 0.178 e. The molecule has 0 nitrogen and oxygen atoms in total. The van der Waals surface area contributed by atoms with Gasteiger partial charge in [0.25, 0.3) is 0 Å². The summed E-state index contributed by atoms with van der Waals surface area (Å²) in [5, 5.41) is 11.4. The van der Waals surface area contributed by atoms with Crippen LogP contribution in [0, 0.1) is 47.5 Å². The molecule has 0 aromatic heterocycles. The summed E-state index contributed by atoms with van der Waals surface area (Å²) in [4.78, 5) is 0. The van der Waals surface area contributed by atoms with E-state index < -0.39 is 32.3 Å². The van der Waals surface area contributed by atoms with Gasteiger partial charge < -0.3 is 0 Å². The molecule has 0 saturated heterocycles. The normalized spacial score (nSPS) is 16.6. The molecule has 1 aliphatic carbocycles. The smallest absolute Gasteiger partial charge is 0.0656 e. The van der Waals surface area contributed by atoms with Crippen molar-refractivity contribution in [1.82, 2.24) is 0 Å². The van der Waals surface area contributed by atoms with E-state index in [0.717, 1.165) is 0 Å². The van der Waals surface area contributed by atoms with E-state index in [4.69, 9.17) is 0 Å². The van der Waals surface area contributed by atoms with Crippen LogP contribution in [-0.2, 0) is 0 Å². The molecule has 0 heterocycles. The molecule has 0 radical (unpaired) electrons. The van der Waals surface area contributed by atoms with Crippen molar-refractivity contribution in [3.05, 3.63) is 91.7 Å². The van der Waals surface area contributed by atoms with Gasteiger partial charge >= 0.3 is 0 Å². The zero-order valence-electron chi connectivity index (χ0n) is 33.0. The monoisotopic (exact) mass is 680 g/mol. The minimum absolute atomic E-state index is 0.410. The van der Waals surface area contributed by atoms with Gasteiger partial charge in [-0.15, -0.1) is 0 Å². The Morgan fingerprint density at radius 2 is 0.630 bits per heavy atom. The van der Waals surface area contributed by atoms with Crippen molar-refractivity contribution < 1.29 is 0 Å². The molecule has 0 aliphatic heterocycles. The molecule has 248 valence electrons. The lowest BCUT2D eigenvalue weighted by molar-refractivity contribution is 0.851. The maximum atomic E-state index is 2.61. The number of aryl methyl sites for hydroxylation is 6. The largest absolute Gasteiger partial charge is 0.178 e. The Morgan fingerprint density at radius 1 is 0.391 bits per heavy atom. The molecule has 0 bridgehead atoms. The highest BCUT2D eigenvalue weighted by molar-refractivity contribution is 7.17. The Hall–Kier alpha value is -1.99. The number of allylic oxidation sites excluding steroid dienone is 4. The molecule has 3 aromatic carbocycles. The van der Waals surface area contributed by atoms with Crippen molar-refractivity contribution in [1.29, 1.82) is 0 Å². The van der Waals surface area contributed by atoms with E-state index >= 15 is 0 Å². The van der Waals surface area contributed by atoms with Gasteiger partial charge in [-0.05, 0) is 89.4 Å². The van der Waals surface area contributed by atoms with Crippen molar-refractivity contribution in [2.24, 2.45) is 5.92 Å². The van der Waals surface area contributed by atoms with Crippen LogP contribution in [0.3, 0.4) is 0 Å². The minimum atomic E-state index is -2.83. The van der Waals surface area contributed by atoms with Gasteiger partial charge in [-0.3, -0.25) is 0 Å². The Labute approximate surface area is 287 Å². The van der Waals surface area contributed by atoms with Crippen molar-refractivity contribution in [3.8, 4) is 0 Å². The van der Waals surface area contributed by atoms with Crippen LogP contribution < -0.4 is 31.1 Å². The van der Waals surface area contributed by atoms with E-state index in [0.29, 0.717) is 5.92 Å². The lowest BCUT2D eigenvalue weighted by Crippen LogP contribution is -2.73. The first kappa shape index (κ1) is 36.8. The SMILES string of the molecule is CC1=C(C)C(C)C([Si](c2c(C)cc([Si](C)(C)C)cc2C)(c2c(C)cc([Si](C)(C)C)cc2C)c2c(C)cc([Si](C)(C)C)cc2C)=C1C. The zero-order valence-corrected chi connectivity index (χ0v) is 37.0. The van der Waals surface area contributed by atoms with Crippen LogP contribution in [0.4, 0.5) is 0 Å². The number of hydrogen-bond acceptors (Lipinski definition) is 0. The first-order valence-electron chi connectivity index (χ1n) is 17.6. The van der Waals surface area contributed by atoms with Crippen molar-refractivity contribution in [2.75, 3.05) is 0 Å². The summed E-state index contributed by atoms with van der Waals surface area (Å²) in [6.45, 7) is 47.0. The van der Waals surface area contributed by atoms with Crippen LogP contribution in [0.25, 0.3) is 0 Å². The lowest BCUT2D eigenvalue weighted by Gasteiger charge is -2.44. The number of hydrogen-bond donors (Lipinski definition) is 0. The summed E-state index contributed by atoms with van der Waals surface area (Å²) in [5.74, 6) is 0.410. The fourth-order valence-corrected chi connectivity index (χ4v) is 19.8. The third-order valence-electron chi connectivity index (χ3n) is 11.4. The second kappa shape index (κ2) is 12.2. The highest BCUT2D eigenvalue weighted by Gasteiger charge is 2.52. The Morgan fingerprint density at radius 3 is 0.804 bits per heavy atom. The van der Waals surface area contributed by atoms with Crippen LogP contribution in [0.1, 0.15) is 61.1 Å². The maximum absolute atomic E-state index is 2.83. The molecule has 0 fully saturated rings. The molecule has 0 N–H and O–H groups in total. The molecule has 4 heteroatoms. The summed E-state index contributed by atoms with van der Waals surface area (Å²) in [7, 11) is -7.37. The zero-order chi connectivity index (χ0) is 35.1. The van der Waals surface area contributed by atoms with Gasteiger partial charge in [0.05, 0.1) is 24.2 Å². The lowest BCUT2D eigenvalue weighted by atomic mass is 10.1. The van der Waals surface area contributed by atoms with E-state index in [9.17, 15) is 0 Å². The molecule has 4 rings (SSSR count). The molecular weight excluding hydrogens is 617 g/mol. The van der Waals surface area contributed by atoms with Crippen molar-refractivity contribution in [3.63, 3.8) is 0 Å². The summed E-state index contributed by atoms with van der Waals surface area (Å²) >= 11 is 0. The topological polar surface area (TPSA) is 0 Å². The fourth-order valence-electron chi connectivity index (χ4n) is 8.71. The number of benzene rings is 3. The van der Waals surface area contributed by atoms with Gasteiger partial charge in [0.2, 0.25) is 0 Å².